The van der Waals surface area contributed by atoms with Gasteiger partial charge in [-0.05, 0) is 31.1 Å². The van der Waals surface area contributed by atoms with Gasteiger partial charge in [0.2, 0.25) is 0 Å². The topological polar surface area (TPSA) is 46.3 Å². The lowest BCUT2D eigenvalue weighted by atomic mass is 9.86. The van der Waals surface area contributed by atoms with Crippen molar-refractivity contribution in [1.82, 2.24) is 10.1 Å². The Labute approximate surface area is 113 Å². The highest BCUT2D eigenvalue weighted by Crippen LogP contribution is 2.33. The van der Waals surface area contributed by atoms with E-state index in [1.54, 1.807) is 6.20 Å². The number of aryl methyl sites for hydroxylation is 1. The molecule has 1 aliphatic carbocycles. The maximum absolute atomic E-state index is 12.6. The van der Waals surface area contributed by atoms with Crippen molar-refractivity contribution in [1.29, 1.82) is 0 Å². The molecule has 3 rings (SSSR count). The number of fused-ring (bicyclic) bond motifs is 1. The van der Waals surface area contributed by atoms with Gasteiger partial charge in [-0.25, -0.2) is 0 Å². The fourth-order valence-corrected chi connectivity index (χ4v) is 3.20. The van der Waals surface area contributed by atoms with Crippen molar-refractivity contribution in [2.24, 2.45) is 11.8 Å². The Balaban J connectivity index is 1.73. The Morgan fingerprint density at radius 2 is 2.05 bits per heavy atom. The van der Waals surface area contributed by atoms with Gasteiger partial charge in [0, 0.05) is 19.5 Å². The number of likely N-dealkylation sites (tertiary alicyclic amines) is 1. The van der Waals surface area contributed by atoms with Crippen molar-refractivity contribution in [2.75, 3.05) is 13.1 Å². The number of carbonyl (C=O) groups is 1. The molecule has 0 spiro atoms. The predicted molar refractivity (Wildman–Crippen MR) is 71.8 cm³/mol. The van der Waals surface area contributed by atoms with Crippen LogP contribution in [0.5, 0.6) is 0 Å². The van der Waals surface area contributed by atoms with Gasteiger partial charge >= 0.3 is 0 Å². The molecule has 1 amide bonds. The highest BCUT2D eigenvalue weighted by molar-refractivity contribution is 5.95. The molecule has 2 heterocycles. The zero-order valence-electron chi connectivity index (χ0n) is 11.3. The van der Waals surface area contributed by atoms with Gasteiger partial charge < -0.3 is 9.42 Å². The number of aromatic nitrogens is 1. The molecule has 0 unspecified atom stereocenters. The van der Waals surface area contributed by atoms with Gasteiger partial charge in [-0.15, -0.1) is 0 Å². The van der Waals surface area contributed by atoms with Crippen molar-refractivity contribution in [3.63, 3.8) is 0 Å². The van der Waals surface area contributed by atoms with Crippen LogP contribution in [-0.4, -0.2) is 29.1 Å². The Kier molecular flexibility index (Phi) is 3.40. The van der Waals surface area contributed by atoms with Crippen LogP contribution in [-0.2, 0) is 6.42 Å². The van der Waals surface area contributed by atoms with Crippen molar-refractivity contribution in [3.8, 4) is 0 Å². The normalized spacial score (nSPS) is 25.6. The van der Waals surface area contributed by atoms with E-state index in [9.17, 15) is 4.79 Å². The van der Waals surface area contributed by atoms with Crippen LogP contribution in [0.25, 0.3) is 0 Å². The summed E-state index contributed by atoms with van der Waals surface area (Å²) >= 11 is 0. The van der Waals surface area contributed by atoms with Crippen molar-refractivity contribution in [2.45, 2.75) is 32.6 Å². The monoisotopic (exact) mass is 260 g/mol. The molecular weight excluding hydrogens is 240 g/mol. The van der Waals surface area contributed by atoms with E-state index in [1.807, 2.05) is 4.90 Å². The number of allylic oxidation sites excluding steroid dienone is 2. The summed E-state index contributed by atoms with van der Waals surface area (Å²) in [6.45, 7) is 3.84. The fourth-order valence-electron chi connectivity index (χ4n) is 3.20. The summed E-state index contributed by atoms with van der Waals surface area (Å²) in [5, 5.41) is 3.79. The van der Waals surface area contributed by atoms with Crippen molar-refractivity contribution < 1.29 is 9.32 Å². The maximum Gasteiger partial charge on any atom is 0.259 e. The number of hydrogen-bond donors (Lipinski definition) is 0. The van der Waals surface area contributed by atoms with Crippen LogP contribution >= 0.6 is 0 Å². The van der Waals surface area contributed by atoms with E-state index in [4.69, 9.17) is 4.52 Å². The van der Waals surface area contributed by atoms with E-state index in [0.29, 0.717) is 17.4 Å². The van der Waals surface area contributed by atoms with E-state index in [1.165, 1.54) is 0 Å². The summed E-state index contributed by atoms with van der Waals surface area (Å²) in [4.78, 5) is 14.5. The number of rotatable bonds is 3. The molecule has 0 bridgehead atoms. The zero-order chi connectivity index (χ0) is 13.2. The third kappa shape index (κ3) is 2.31. The number of carbonyl (C=O) groups excluding carboxylic acids is 1. The van der Waals surface area contributed by atoms with Gasteiger partial charge in [-0.3, -0.25) is 4.79 Å². The van der Waals surface area contributed by atoms with Crippen LogP contribution in [0.2, 0.25) is 0 Å². The van der Waals surface area contributed by atoms with Crippen LogP contribution in [0.15, 0.2) is 22.9 Å². The Morgan fingerprint density at radius 1 is 1.37 bits per heavy atom. The molecule has 0 radical (unpaired) electrons. The first kappa shape index (κ1) is 12.5. The second kappa shape index (κ2) is 5.19. The molecule has 1 fully saturated rings. The average molecular weight is 260 g/mol. The lowest BCUT2D eigenvalue weighted by Gasteiger charge is -2.17. The summed E-state index contributed by atoms with van der Waals surface area (Å²) < 4.78 is 5.19. The first-order chi connectivity index (χ1) is 9.29. The molecular formula is C15H20N2O2. The Morgan fingerprint density at radius 3 is 2.68 bits per heavy atom. The van der Waals surface area contributed by atoms with Gasteiger partial charge in [0.25, 0.3) is 5.91 Å². The summed E-state index contributed by atoms with van der Waals surface area (Å²) in [6, 6.07) is 0. The van der Waals surface area contributed by atoms with Crippen LogP contribution in [0.3, 0.4) is 0 Å². The quantitative estimate of drug-likeness (QED) is 0.785. The Hall–Kier alpha value is -1.58. The zero-order valence-corrected chi connectivity index (χ0v) is 11.3. The van der Waals surface area contributed by atoms with Crippen LogP contribution in [0, 0.1) is 11.8 Å². The molecule has 0 N–H and O–H groups in total. The lowest BCUT2D eigenvalue weighted by Crippen LogP contribution is -2.29. The third-order valence-electron chi connectivity index (χ3n) is 4.26. The first-order valence-electron chi connectivity index (χ1n) is 7.17. The molecule has 1 aromatic heterocycles. The second-order valence-electron chi connectivity index (χ2n) is 5.59. The van der Waals surface area contributed by atoms with Crippen molar-refractivity contribution in [3.05, 3.63) is 29.7 Å². The van der Waals surface area contributed by atoms with E-state index >= 15 is 0 Å². The number of nitrogens with zero attached hydrogens (tertiary/aromatic N) is 2. The van der Waals surface area contributed by atoms with Gasteiger partial charge in [0.15, 0.2) is 0 Å². The predicted octanol–water partition coefficient (Wildman–Crippen LogP) is 2.67. The molecule has 1 saturated heterocycles. The molecule has 4 nitrogen and oxygen atoms in total. The number of amides is 1. The lowest BCUT2D eigenvalue weighted by molar-refractivity contribution is 0.0782. The average Bonchev–Trinajstić information content (AvgIpc) is 3.04. The molecule has 102 valence electrons. The van der Waals surface area contributed by atoms with Gasteiger partial charge in [-0.1, -0.05) is 24.2 Å². The van der Waals surface area contributed by atoms with Gasteiger partial charge in [-0.2, -0.15) is 0 Å². The molecule has 1 aliphatic heterocycles. The summed E-state index contributed by atoms with van der Waals surface area (Å²) in [5.41, 5.74) is 0.661. The second-order valence-corrected chi connectivity index (χ2v) is 5.59. The highest BCUT2D eigenvalue weighted by Gasteiger charge is 2.36. The summed E-state index contributed by atoms with van der Waals surface area (Å²) in [7, 11) is 0. The largest absolute Gasteiger partial charge is 0.361 e. The smallest absolute Gasteiger partial charge is 0.259 e. The molecule has 19 heavy (non-hydrogen) atoms. The maximum atomic E-state index is 12.6. The fraction of sp³-hybridized carbons (Fsp3) is 0.600. The highest BCUT2D eigenvalue weighted by atomic mass is 16.5. The molecule has 2 atom stereocenters. The van der Waals surface area contributed by atoms with E-state index < -0.39 is 0 Å². The van der Waals surface area contributed by atoms with E-state index in [-0.39, 0.29) is 5.91 Å². The molecule has 0 aromatic carbocycles. The SMILES string of the molecule is CCCc1oncc1C(=O)N1C[C@H]2CC=CC[C@H]2C1. The van der Waals surface area contributed by atoms with Crippen LogP contribution in [0.4, 0.5) is 0 Å². The third-order valence-corrected chi connectivity index (χ3v) is 4.26. The molecule has 2 aliphatic rings. The molecule has 1 aromatic rings. The minimum atomic E-state index is 0.0964. The van der Waals surface area contributed by atoms with Gasteiger partial charge in [0.1, 0.15) is 11.3 Å². The Bertz CT molecular complexity index is 476. The van der Waals surface area contributed by atoms with E-state index in [2.05, 4.69) is 24.2 Å². The standard InChI is InChI=1S/C15H20N2O2/c1-2-5-14-13(8-16-19-14)15(18)17-9-11-6-3-4-7-12(11)10-17/h3-4,8,11-12H,2,5-7,9-10H2,1H3/t11-,12+. The summed E-state index contributed by atoms with van der Waals surface area (Å²) in [6.07, 6.45) is 10.0. The molecule has 0 saturated carbocycles. The number of hydrogen-bond acceptors (Lipinski definition) is 3. The summed E-state index contributed by atoms with van der Waals surface area (Å²) in [5.74, 6) is 2.12. The van der Waals surface area contributed by atoms with Crippen LogP contribution < -0.4 is 0 Å². The van der Waals surface area contributed by atoms with Crippen LogP contribution in [0.1, 0.15) is 42.3 Å². The molecule has 4 heteroatoms. The van der Waals surface area contributed by atoms with Gasteiger partial charge in [0.05, 0.1) is 6.20 Å². The minimum absolute atomic E-state index is 0.0964. The minimum Gasteiger partial charge on any atom is -0.361 e. The first-order valence-corrected chi connectivity index (χ1v) is 7.17. The van der Waals surface area contributed by atoms with Crippen molar-refractivity contribution >= 4 is 5.91 Å². The van der Waals surface area contributed by atoms with E-state index in [0.717, 1.165) is 44.5 Å².